The van der Waals surface area contributed by atoms with Crippen LogP contribution in [0.2, 0.25) is 0 Å². The van der Waals surface area contributed by atoms with E-state index in [1.807, 2.05) is 36.4 Å². The van der Waals surface area contributed by atoms with Crippen molar-refractivity contribution in [2.24, 2.45) is 0 Å². The Kier molecular flexibility index (Phi) is 11.5. The number of ether oxygens (including phenoxy) is 2. The molecule has 1 amide bonds. The Labute approximate surface area is 260 Å². The first-order chi connectivity index (χ1) is 21.5. The molecular formula is C36H44N2O6. The number of aliphatic carboxylic acids is 1. The van der Waals surface area contributed by atoms with E-state index < -0.39 is 12.3 Å². The van der Waals surface area contributed by atoms with Gasteiger partial charge in [-0.2, -0.15) is 0 Å². The summed E-state index contributed by atoms with van der Waals surface area (Å²) in [5.41, 5.74) is 5.95. The third kappa shape index (κ3) is 9.22. The number of nitrogens with one attached hydrogen (secondary N) is 1. The van der Waals surface area contributed by atoms with E-state index in [2.05, 4.69) is 46.6 Å². The summed E-state index contributed by atoms with van der Waals surface area (Å²) in [6, 6.07) is 24.2. The topological polar surface area (TPSA) is 108 Å². The first kappa shape index (κ1) is 31.9. The molecule has 0 spiro atoms. The van der Waals surface area contributed by atoms with Gasteiger partial charge in [-0.25, -0.2) is 0 Å². The SMILES string of the molecule is O=C(O)CCC(=O)NCc1cccc(-c2ccc([C@@H]3O[C@H](CN4CCCCCCC4)C[C@H](c4ccc(CO)cc4)O3)cc2)c1. The van der Waals surface area contributed by atoms with Gasteiger partial charge < -0.3 is 29.9 Å². The van der Waals surface area contributed by atoms with Crippen LogP contribution in [0.3, 0.4) is 0 Å². The highest BCUT2D eigenvalue weighted by Crippen LogP contribution is 2.39. The number of hydrogen-bond donors (Lipinski definition) is 3. The zero-order valence-corrected chi connectivity index (χ0v) is 25.3. The maximum Gasteiger partial charge on any atom is 0.303 e. The standard InChI is InChI=1S/C36H44N2O6/c39-25-26-9-11-29(12-10-26)33-22-32(24-38-19-4-2-1-3-5-20-38)43-36(44-33)30-15-13-28(14-16-30)31-8-6-7-27(21-31)23-37-34(40)17-18-35(41)42/h6-16,21,32-33,36,39H,1-5,17-20,22-25H2,(H,37,40)(H,41,42)/t32-,33+,36+/m0/s1. The second kappa shape index (κ2) is 16.0. The molecule has 3 atom stereocenters. The van der Waals surface area contributed by atoms with Gasteiger partial charge in [0.2, 0.25) is 5.91 Å². The summed E-state index contributed by atoms with van der Waals surface area (Å²) in [6.07, 6.45) is 6.40. The molecule has 44 heavy (non-hydrogen) atoms. The van der Waals surface area contributed by atoms with E-state index in [9.17, 15) is 14.7 Å². The van der Waals surface area contributed by atoms with E-state index in [1.165, 1.54) is 32.1 Å². The van der Waals surface area contributed by atoms with Crippen molar-refractivity contribution in [2.45, 2.75) is 83.0 Å². The van der Waals surface area contributed by atoms with Crippen LogP contribution in [0, 0.1) is 0 Å². The van der Waals surface area contributed by atoms with Crippen molar-refractivity contribution in [1.82, 2.24) is 10.2 Å². The summed E-state index contributed by atoms with van der Waals surface area (Å²) in [4.78, 5) is 25.2. The fourth-order valence-corrected chi connectivity index (χ4v) is 6.02. The molecule has 3 aromatic rings. The summed E-state index contributed by atoms with van der Waals surface area (Å²) in [6.45, 7) is 3.48. The Morgan fingerprint density at radius 3 is 2.20 bits per heavy atom. The smallest absolute Gasteiger partial charge is 0.303 e. The first-order valence-electron chi connectivity index (χ1n) is 15.9. The van der Waals surface area contributed by atoms with E-state index in [1.54, 1.807) is 0 Å². The van der Waals surface area contributed by atoms with Gasteiger partial charge in [-0.15, -0.1) is 0 Å². The quantitative estimate of drug-likeness (QED) is 0.243. The minimum atomic E-state index is -0.981. The second-order valence-corrected chi connectivity index (χ2v) is 11.9. The number of hydrogen-bond acceptors (Lipinski definition) is 6. The zero-order chi connectivity index (χ0) is 30.7. The number of likely N-dealkylation sites (tertiary alicyclic amines) is 1. The van der Waals surface area contributed by atoms with Crippen LogP contribution in [0.15, 0.2) is 72.8 Å². The van der Waals surface area contributed by atoms with Crippen LogP contribution in [0.5, 0.6) is 0 Å². The predicted molar refractivity (Wildman–Crippen MR) is 169 cm³/mol. The maximum absolute atomic E-state index is 12.0. The fourth-order valence-electron chi connectivity index (χ4n) is 6.02. The molecule has 3 N–H and O–H groups in total. The molecule has 2 saturated heterocycles. The van der Waals surface area contributed by atoms with Gasteiger partial charge >= 0.3 is 5.97 Å². The van der Waals surface area contributed by atoms with Gasteiger partial charge in [0.15, 0.2) is 6.29 Å². The molecule has 2 aliphatic rings. The second-order valence-electron chi connectivity index (χ2n) is 11.9. The third-order valence-electron chi connectivity index (χ3n) is 8.52. The molecule has 5 rings (SSSR count). The van der Waals surface area contributed by atoms with Crippen LogP contribution >= 0.6 is 0 Å². The molecule has 234 valence electrons. The van der Waals surface area contributed by atoms with Gasteiger partial charge in [-0.05, 0) is 59.8 Å². The Bertz CT molecular complexity index is 1350. The van der Waals surface area contributed by atoms with Crippen LogP contribution in [-0.4, -0.2) is 52.7 Å². The number of aliphatic hydroxyl groups excluding tert-OH is 1. The lowest BCUT2D eigenvalue weighted by Crippen LogP contribution is -2.40. The number of carbonyl (C=O) groups excluding carboxylic acids is 1. The lowest BCUT2D eigenvalue weighted by molar-refractivity contribution is -0.253. The number of benzene rings is 3. The number of carboxylic acid groups (broad SMARTS) is 1. The number of amides is 1. The largest absolute Gasteiger partial charge is 0.481 e. The number of aliphatic hydroxyl groups is 1. The highest BCUT2D eigenvalue weighted by atomic mass is 16.7. The van der Waals surface area contributed by atoms with Gasteiger partial charge in [0.25, 0.3) is 0 Å². The minimum absolute atomic E-state index is 0.0197. The van der Waals surface area contributed by atoms with E-state index in [4.69, 9.17) is 14.6 Å². The lowest BCUT2D eigenvalue weighted by atomic mass is 9.98. The Hall–Kier alpha value is -3.56. The molecule has 0 saturated carbocycles. The molecule has 0 unspecified atom stereocenters. The molecular weight excluding hydrogens is 556 g/mol. The molecule has 2 heterocycles. The van der Waals surface area contributed by atoms with Gasteiger partial charge in [-0.3, -0.25) is 9.59 Å². The van der Waals surface area contributed by atoms with Gasteiger partial charge in [0.05, 0.1) is 25.2 Å². The predicted octanol–water partition coefficient (Wildman–Crippen LogP) is 6.14. The van der Waals surface area contributed by atoms with Crippen molar-refractivity contribution < 1.29 is 29.3 Å². The summed E-state index contributed by atoms with van der Waals surface area (Å²) in [7, 11) is 0. The number of carbonyl (C=O) groups is 2. The maximum atomic E-state index is 12.0. The molecule has 0 aromatic heterocycles. The molecule has 0 radical (unpaired) electrons. The Balaban J connectivity index is 1.28. The first-order valence-corrected chi connectivity index (χ1v) is 15.9. The summed E-state index contributed by atoms with van der Waals surface area (Å²) in [5, 5.41) is 21.1. The third-order valence-corrected chi connectivity index (χ3v) is 8.52. The van der Waals surface area contributed by atoms with Crippen molar-refractivity contribution in [1.29, 1.82) is 0 Å². The van der Waals surface area contributed by atoms with Crippen LogP contribution in [0.25, 0.3) is 11.1 Å². The van der Waals surface area contributed by atoms with Crippen LogP contribution in [0.4, 0.5) is 0 Å². The Morgan fingerprint density at radius 2 is 1.50 bits per heavy atom. The van der Waals surface area contributed by atoms with Crippen LogP contribution < -0.4 is 5.32 Å². The summed E-state index contributed by atoms with van der Waals surface area (Å²) in [5.74, 6) is -1.26. The monoisotopic (exact) mass is 600 g/mol. The average molecular weight is 601 g/mol. The van der Waals surface area contributed by atoms with Crippen molar-refractivity contribution in [3.05, 3.63) is 95.1 Å². The van der Waals surface area contributed by atoms with E-state index >= 15 is 0 Å². The van der Waals surface area contributed by atoms with Gasteiger partial charge in [-0.1, -0.05) is 86.0 Å². The Morgan fingerprint density at radius 1 is 0.795 bits per heavy atom. The normalized spacial score (nSPS) is 21.2. The summed E-state index contributed by atoms with van der Waals surface area (Å²) >= 11 is 0. The molecule has 0 bridgehead atoms. The highest BCUT2D eigenvalue weighted by Gasteiger charge is 2.33. The van der Waals surface area contributed by atoms with E-state index in [0.717, 1.165) is 59.4 Å². The van der Waals surface area contributed by atoms with Crippen molar-refractivity contribution >= 4 is 11.9 Å². The fraction of sp³-hybridized carbons (Fsp3) is 0.444. The van der Waals surface area contributed by atoms with Crippen molar-refractivity contribution in [3.63, 3.8) is 0 Å². The number of rotatable bonds is 11. The molecule has 0 aliphatic carbocycles. The van der Waals surface area contributed by atoms with Gasteiger partial charge in [0, 0.05) is 31.5 Å². The average Bonchev–Trinajstić information content (AvgIpc) is 3.04. The highest BCUT2D eigenvalue weighted by molar-refractivity contribution is 5.80. The molecule has 2 aliphatic heterocycles. The van der Waals surface area contributed by atoms with Crippen LogP contribution in [-0.2, 0) is 32.2 Å². The van der Waals surface area contributed by atoms with Crippen molar-refractivity contribution in [3.8, 4) is 11.1 Å². The van der Waals surface area contributed by atoms with Crippen LogP contribution in [0.1, 0.15) is 86.0 Å². The lowest BCUT2D eigenvalue weighted by Gasteiger charge is -2.38. The van der Waals surface area contributed by atoms with Crippen molar-refractivity contribution in [2.75, 3.05) is 19.6 Å². The zero-order valence-electron chi connectivity index (χ0n) is 25.3. The molecule has 8 heteroatoms. The van der Waals surface area contributed by atoms with Gasteiger partial charge in [0.1, 0.15) is 0 Å². The minimum Gasteiger partial charge on any atom is -0.481 e. The number of nitrogens with zero attached hydrogens (tertiary/aromatic N) is 1. The molecule has 2 fully saturated rings. The summed E-state index contributed by atoms with van der Waals surface area (Å²) < 4.78 is 13.2. The van der Waals surface area contributed by atoms with E-state index in [-0.39, 0.29) is 37.6 Å². The van der Waals surface area contributed by atoms with E-state index in [0.29, 0.717) is 6.54 Å². The number of carboxylic acids is 1. The molecule has 3 aromatic carbocycles. The molecule has 8 nitrogen and oxygen atoms in total.